The monoisotopic (exact) mass is 346 g/mol. The van der Waals surface area contributed by atoms with Crippen LogP contribution < -0.4 is 4.74 Å². The van der Waals surface area contributed by atoms with E-state index in [-0.39, 0.29) is 12.4 Å². The number of hydrogen-bond donors (Lipinski definition) is 0. The second-order valence-corrected chi connectivity index (χ2v) is 6.26. The first-order valence-corrected chi connectivity index (χ1v) is 8.72. The standard InChI is InChI=1S/C20H26N2O.ClH/c1-2-13-23-19-9-5-7-17(14-19)16-22-12-4-3-10-20(22)18-8-6-11-21-15-18;/h5-9,11,14-15,20H,2-4,10,12-13,16H2,1H3;1H/t20-;/m0./s1. The SMILES string of the molecule is CCCOc1cccc(CN2CCCC[C@H]2c2cccnc2)c1.Cl. The average molecular weight is 347 g/mol. The molecule has 3 nitrogen and oxygen atoms in total. The van der Waals surface area contributed by atoms with Gasteiger partial charge in [0.15, 0.2) is 0 Å². The highest BCUT2D eigenvalue weighted by Crippen LogP contribution is 2.32. The van der Waals surface area contributed by atoms with Gasteiger partial charge in [0.1, 0.15) is 5.75 Å². The van der Waals surface area contributed by atoms with E-state index < -0.39 is 0 Å². The van der Waals surface area contributed by atoms with E-state index in [4.69, 9.17) is 4.74 Å². The maximum absolute atomic E-state index is 5.77. The third-order valence-corrected chi connectivity index (χ3v) is 4.44. The lowest BCUT2D eigenvalue weighted by atomic mass is 9.96. The lowest BCUT2D eigenvalue weighted by Gasteiger charge is -2.36. The van der Waals surface area contributed by atoms with Gasteiger partial charge in [-0.25, -0.2) is 0 Å². The Labute approximate surface area is 151 Å². The van der Waals surface area contributed by atoms with Crippen molar-refractivity contribution < 1.29 is 4.74 Å². The van der Waals surface area contributed by atoms with Gasteiger partial charge >= 0.3 is 0 Å². The molecule has 0 unspecified atom stereocenters. The summed E-state index contributed by atoms with van der Waals surface area (Å²) in [4.78, 5) is 6.89. The largest absolute Gasteiger partial charge is 0.494 e. The number of halogens is 1. The number of benzene rings is 1. The maximum Gasteiger partial charge on any atom is 0.119 e. The van der Waals surface area contributed by atoms with Crippen LogP contribution >= 0.6 is 12.4 Å². The Kier molecular flexibility index (Phi) is 7.54. The molecule has 0 bridgehead atoms. The molecule has 0 N–H and O–H groups in total. The van der Waals surface area contributed by atoms with Crippen molar-refractivity contribution in [3.8, 4) is 5.75 Å². The Morgan fingerprint density at radius 1 is 1.21 bits per heavy atom. The minimum atomic E-state index is 0. The molecular formula is C20H27ClN2O. The summed E-state index contributed by atoms with van der Waals surface area (Å²) in [7, 11) is 0. The van der Waals surface area contributed by atoms with Gasteiger partial charge in [-0.1, -0.05) is 31.5 Å². The van der Waals surface area contributed by atoms with Crippen molar-refractivity contribution >= 4 is 12.4 Å². The van der Waals surface area contributed by atoms with Crippen molar-refractivity contribution in [1.29, 1.82) is 0 Å². The molecule has 24 heavy (non-hydrogen) atoms. The Hall–Kier alpha value is -1.58. The van der Waals surface area contributed by atoms with E-state index in [2.05, 4.69) is 41.1 Å². The number of pyridine rings is 1. The van der Waals surface area contributed by atoms with E-state index in [9.17, 15) is 0 Å². The van der Waals surface area contributed by atoms with Crippen molar-refractivity contribution in [3.63, 3.8) is 0 Å². The van der Waals surface area contributed by atoms with Crippen LogP contribution in [-0.2, 0) is 6.54 Å². The third kappa shape index (κ3) is 4.96. The zero-order valence-corrected chi connectivity index (χ0v) is 15.2. The second kappa shape index (κ2) is 9.65. The molecule has 2 aromatic rings. The van der Waals surface area contributed by atoms with Crippen LogP contribution in [0, 0.1) is 0 Å². The molecule has 1 aliphatic rings. The first kappa shape index (κ1) is 18.8. The molecule has 130 valence electrons. The van der Waals surface area contributed by atoms with Crippen molar-refractivity contribution in [2.75, 3.05) is 13.2 Å². The molecule has 0 radical (unpaired) electrons. The fourth-order valence-electron chi connectivity index (χ4n) is 3.32. The summed E-state index contributed by atoms with van der Waals surface area (Å²) < 4.78 is 5.77. The summed E-state index contributed by atoms with van der Waals surface area (Å²) in [5.74, 6) is 0.985. The topological polar surface area (TPSA) is 25.4 Å². The van der Waals surface area contributed by atoms with Gasteiger partial charge in [0.25, 0.3) is 0 Å². The molecule has 0 amide bonds. The van der Waals surface area contributed by atoms with Crippen molar-refractivity contribution in [2.24, 2.45) is 0 Å². The number of piperidine rings is 1. The van der Waals surface area contributed by atoms with Crippen molar-refractivity contribution in [2.45, 2.75) is 45.2 Å². The van der Waals surface area contributed by atoms with Gasteiger partial charge in [0.05, 0.1) is 6.61 Å². The van der Waals surface area contributed by atoms with Crippen LogP contribution in [0.2, 0.25) is 0 Å². The first-order chi connectivity index (χ1) is 11.4. The normalized spacial score (nSPS) is 18.0. The van der Waals surface area contributed by atoms with Crippen LogP contribution in [0.25, 0.3) is 0 Å². The first-order valence-electron chi connectivity index (χ1n) is 8.72. The lowest BCUT2D eigenvalue weighted by molar-refractivity contribution is 0.140. The molecule has 1 atom stereocenters. The molecule has 1 saturated heterocycles. The van der Waals surface area contributed by atoms with Gasteiger partial charge in [-0.05, 0) is 55.1 Å². The molecule has 1 aromatic carbocycles. The van der Waals surface area contributed by atoms with Crippen LogP contribution in [0.15, 0.2) is 48.8 Å². The fraction of sp³-hybridized carbons (Fsp3) is 0.450. The highest BCUT2D eigenvalue weighted by atomic mass is 35.5. The van der Waals surface area contributed by atoms with Crippen molar-refractivity contribution in [3.05, 3.63) is 59.9 Å². The predicted molar refractivity (Wildman–Crippen MR) is 101 cm³/mol. The number of aromatic nitrogens is 1. The quantitative estimate of drug-likeness (QED) is 0.734. The molecule has 3 rings (SSSR count). The minimum absolute atomic E-state index is 0. The molecule has 0 aliphatic carbocycles. The Bertz CT molecular complexity index is 606. The number of rotatable bonds is 6. The van der Waals surface area contributed by atoms with Crippen LogP contribution in [0.4, 0.5) is 0 Å². The maximum atomic E-state index is 5.77. The summed E-state index contributed by atoms with van der Waals surface area (Å²) in [6.07, 6.45) is 8.71. The Morgan fingerprint density at radius 2 is 2.12 bits per heavy atom. The zero-order chi connectivity index (χ0) is 15.9. The fourth-order valence-corrected chi connectivity index (χ4v) is 3.32. The molecule has 0 spiro atoms. The number of hydrogen-bond acceptors (Lipinski definition) is 3. The van der Waals surface area contributed by atoms with Gasteiger partial charge in [-0.2, -0.15) is 0 Å². The van der Waals surface area contributed by atoms with Gasteiger partial charge in [0.2, 0.25) is 0 Å². The summed E-state index contributed by atoms with van der Waals surface area (Å²) in [5.41, 5.74) is 2.67. The van der Waals surface area contributed by atoms with E-state index in [1.54, 1.807) is 0 Å². The van der Waals surface area contributed by atoms with Gasteiger partial charge in [-0.15, -0.1) is 12.4 Å². The smallest absolute Gasteiger partial charge is 0.119 e. The number of likely N-dealkylation sites (tertiary alicyclic amines) is 1. The van der Waals surface area contributed by atoms with E-state index in [1.807, 2.05) is 24.5 Å². The van der Waals surface area contributed by atoms with Gasteiger partial charge < -0.3 is 4.74 Å². The number of ether oxygens (including phenoxy) is 1. The van der Waals surface area contributed by atoms with Crippen LogP contribution in [0.1, 0.15) is 49.8 Å². The van der Waals surface area contributed by atoms with E-state index >= 15 is 0 Å². The van der Waals surface area contributed by atoms with Gasteiger partial charge in [-0.3, -0.25) is 9.88 Å². The van der Waals surface area contributed by atoms with Crippen LogP contribution in [0.5, 0.6) is 5.75 Å². The minimum Gasteiger partial charge on any atom is -0.494 e. The summed E-state index contributed by atoms with van der Waals surface area (Å²) >= 11 is 0. The molecule has 0 saturated carbocycles. The average Bonchev–Trinajstić information content (AvgIpc) is 2.61. The zero-order valence-electron chi connectivity index (χ0n) is 14.4. The van der Waals surface area contributed by atoms with Crippen molar-refractivity contribution in [1.82, 2.24) is 9.88 Å². The van der Waals surface area contributed by atoms with Crippen LogP contribution in [0.3, 0.4) is 0 Å². The molecule has 2 heterocycles. The third-order valence-electron chi connectivity index (χ3n) is 4.44. The van der Waals surface area contributed by atoms with Crippen LogP contribution in [-0.4, -0.2) is 23.0 Å². The summed E-state index contributed by atoms with van der Waals surface area (Å²) in [5, 5.41) is 0. The van der Waals surface area contributed by atoms with E-state index in [0.29, 0.717) is 6.04 Å². The predicted octanol–water partition coefficient (Wildman–Crippen LogP) is 5.02. The van der Waals surface area contributed by atoms with E-state index in [1.165, 1.54) is 30.4 Å². The van der Waals surface area contributed by atoms with Gasteiger partial charge in [0, 0.05) is 25.0 Å². The lowest BCUT2D eigenvalue weighted by Crippen LogP contribution is -2.32. The molecule has 1 aromatic heterocycles. The molecule has 1 fully saturated rings. The Morgan fingerprint density at radius 3 is 2.92 bits per heavy atom. The number of nitrogens with zero attached hydrogens (tertiary/aromatic N) is 2. The molecular weight excluding hydrogens is 320 g/mol. The van der Waals surface area contributed by atoms with E-state index in [0.717, 1.165) is 31.9 Å². The highest BCUT2D eigenvalue weighted by molar-refractivity contribution is 5.85. The summed E-state index contributed by atoms with van der Waals surface area (Å²) in [6, 6.07) is 13.3. The Balaban J connectivity index is 0.00000208. The molecule has 4 heteroatoms. The highest BCUT2D eigenvalue weighted by Gasteiger charge is 2.24. The molecule has 1 aliphatic heterocycles. The summed E-state index contributed by atoms with van der Waals surface area (Å²) in [6.45, 7) is 5.05. The second-order valence-electron chi connectivity index (χ2n) is 6.26.